The zero-order valence-electron chi connectivity index (χ0n) is 20.3. The van der Waals surface area contributed by atoms with Crippen molar-refractivity contribution in [3.8, 4) is 0 Å². The number of carbonyl (C=O) groups is 3. The second-order valence-corrected chi connectivity index (χ2v) is 13.3. The van der Waals surface area contributed by atoms with E-state index in [0.717, 1.165) is 40.6 Å². The average Bonchev–Trinajstić information content (AvgIpc) is 3.20. The molecule has 4 aliphatic rings. The highest BCUT2D eigenvalue weighted by molar-refractivity contribution is 8.18. The van der Waals surface area contributed by atoms with Crippen LogP contribution in [0.25, 0.3) is 0 Å². The van der Waals surface area contributed by atoms with Crippen molar-refractivity contribution in [2.24, 2.45) is 13.0 Å². The molecule has 1 aliphatic carbocycles. The highest BCUT2D eigenvalue weighted by Crippen LogP contribution is 2.47. The van der Waals surface area contributed by atoms with Gasteiger partial charge in [0.1, 0.15) is 9.61 Å². The maximum atomic E-state index is 13.7. The predicted molar refractivity (Wildman–Crippen MR) is 136 cm³/mol. The molecular formula is C24H26N6O5S2. The molecule has 6 rings (SSSR count). The Hall–Kier alpha value is -3.16. The van der Waals surface area contributed by atoms with Gasteiger partial charge in [-0.3, -0.25) is 19.2 Å². The standard InChI is InChI=1S/C24H26N6O5S2/c1-24(5-6-24)27-37(34,35)20-9-17-21(32)29(13-15-10-25-28(2)11-15)23(33)30(22(17)36-20)12-14-3-4-16-8-19(31)26-18(16)7-14/h3-4,7,9-11,17,22,27H,5-6,8,12-13H2,1-2H3,(H,26,31). The van der Waals surface area contributed by atoms with E-state index in [4.69, 9.17) is 0 Å². The summed E-state index contributed by atoms with van der Waals surface area (Å²) in [5.74, 6) is -1.34. The quantitative estimate of drug-likeness (QED) is 0.546. The highest BCUT2D eigenvalue weighted by Gasteiger charge is 2.52. The van der Waals surface area contributed by atoms with Gasteiger partial charge in [-0.05, 0) is 43.0 Å². The summed E-state index contributed by atoms with van der Waals surface area (Å²) in [4.78, 5) is 41.7. The molecule has 37 heavy (non-hydrogen) atoms. The number of hydrogen-bond acceptors (Lipinski definition) is 7. The molecule has 1 aromatic heterocycles. The Kier molecular flexibility index (Phi) is 5.51. The van der Waals surface area contributed by atoms with Crippen LogP contribution in [-0.2, 0) is 46.2 Å². The summed E-state index contributed by atoms with van der Waals surface area (Å²) in [6, 6.07) is 5.03. The van der Waals surface area contributed by atoms with Gasteiger partial charge in [-0.25, -0.2) is 17.9 Å². The monoisotopic (exact) mass is 542 g/mol. The number of hydrogen-bond donors (Lipinski definition) is 2. The van der Waals surface area contributed by atoms with E-state index in [1.54, 1.807) is 29.0 Å². The van der Waals surface area contributed by atoms with Crippen molar-refractivity contribution in [3.05, 3.63) is 57.6 Å². The van der Waals surface area contributed by atoms with Crippen molar-refractivity contribution < 1.29 is 22.8 Å². The maximum absolute atomic E-state index is 13.7. The summed E-state index contributed by atoms with van der Waals surface area (Å²) < 4.78 is 30.7. The zero-order chi connectivity index (χ0) is 26.1. The van der Waals surface area contributed by atoms with Gasteiger partial charge < -0.3 is 10.2 Å². The number of nitrogens with zero attached hydrogens (tertiary/aromatic N) is 4. The molecule has 0 bridgehead atoms. The number of imide groups is 1. The molecule has 11 nitrogen and oxygen atoms in total. The van der Waals surface area contributed by atoms with E-state index in [2.05, 4.69) is 15.1 Å². The van der Waals surface area contributed by atoms with Crippen molar-refractivity contribution in [2.45, 2.75) is 50.2 Å². The Morgan fingerprint density at radius 1 is 1.19 bits per heavy atom. The number of nitrogens with one attached hydrogen (secondary N) is 2. The lowest BCUT2D eigenvalue weighted by Crippen LogP contribution is -2.58. The Bertz CT molecular complexity index is 1480. The van der Waals surface area contributed by atoms with Crippen LogP contribution in [0, 0.1) is 5.92 Å². The van der Waals surface area contributed by atoms with Crippen molar-refractivity contribution in [2.75, 3.05) is 5.32 Å². The van der Waals surface area contributed by atoms with Crippen LogP contribution in [0.4, 0.5) is 10.5 Å². The summed E-state index contributed by atoms with van der Waals surface area (Å²) in [6.45, 7) is 2.03. The van der Waals surface area contributed by atoms with Crippen LogP contribution in [0.5, 0.6) is 0 Å². The number of thioether (sulfide) groups is 1. The molecule has 2 fully saturated rings. The van der Waals surface area contributed by atoms with Crippen LogP contribution in [0.3, 0.4) is 0 Å². The van der Waals surface area contributed by atoms with E-state index in [1.165, 1.54) is 6.08 Å². The minimum atomic E-state index is -3.83. The smallest absolute Gasteiger partial charge is 0.326 e. The number of urea groups is 1. The fraction of sp³-hybridized carbons (Fsp3) is 0.417. The van der Waals surface area contributed by atoms with Gasteiger partial charge in [0.15, 0.2) is 0 Å². The number of benzene rings is 1. The third-order valence-electron chi connectivity index (χ3n) is 7.09. The fourth-order valence-corrected chi connectivity index (χ4v) is 8.17. The maximum Gasteiger partial charge on any atom is 0.328 e. The summed E-state index contributed by atoms with van der Waals surface area (Å²) in [5, 5.41) is 6.24. The number of rotatable bonds is 7. The molecule has 194 valence electrons. The van der Waals surface area contributed by atoms with E-state index >= 15 is 0 Å². The number of aryl methyl sites for hydroxylation is 1. The van der Waals surface area contributed by atoms with E-state index in [-0.39, 0.29) is 23.2 Å². The topological polar surface area (TPSA) is 134 Å². The van der Waals surface area contributed by atoms with E-state index < -0.39 is 38.8 Å². The first-order chi connectivity index (χ1) is 17.5. The second-order valence-electron chi connectivity index (χ2n) is 10.3. The summed E-state index contributed by atoms with van der Waals surface area (Å²) in [6.07, 6.45) is 6.63. The molecule has 4 amide bonds. The summed E-state index contributed by atoms with van der Waals surface area (Å²) in [7, 11) is -2.08. The van der Waals surface area contributed by atoms with Gasteiger partial charge in [-0.15, -0.1) is 0 Å². The Morgan fingerprint density at radius 3 is 2.68 bits per heavy atom. The van der Waals surface area contributed by atoms with Crippen LogP contribution in [-0.4, -0.2) is 56.8 Å². The molecule has 2 unspecified atom stereocenters. The molecule has 0 radical (unpaired) electrons. The third kappa shape index (κ3) is 4.44. The Balaban J connectivity index is 1.32. The lowest BCUT2D eigenvalue weighted by atomic mass is 10.0. The van der Waals surface area contributed by atoms with Crippen LogP contribution in [0.2, 0.25) is 0 Å². The Morgan fingerprint density at radius 2 is 1.97 bits per heavy atom. The van der Waals surface area contributed by atoms with Gasteiger partial charge >= 0.3 is 6.03 Å². The third-order valence-corrected chi connectivity index (χ3v) is 10.6. The number of aromatic nitrogens is 2. The molecule has 2 atom stereocenters. The number of fused-ring (bicyclic) bond motifs is 2. The van der Waals surface area contributed by atoms with Crippen LogP contribution < -0.4 is 10.0 Å². The number of sulfonamides is 1. The van der Waals surface area contributed by atoms with Crippen molar-refractivity contribution in [1.29, 1.82) is 0 Å². The zero-order valence-corrected chi connectivity index (χ0v) is 21.9. The first-order valence-corrected chi connectivity index (χ1v) is 14.3. The highest BCUT2D eigenvalue weighted by atomic mass is 32.3. The molecule has 13 heteroatoms. The van der Waals surface area contributed by atoms with Gasteiger partial charge in [0.05, 0.1) is 25.1 Å². The van der Waals surface area contributed by atoms with Gasteiger partial charge in [-0.2, -0.15) is 5.10 Å². The van der Waals surface area contributed by atoms with Gasteiger partial charge in [0.25, 0.3) is 0 Å². The minimum Gasteiger partial charge on any atom is -0.326 e. The Labute approximate surface area is 218 Å². The SMILES string of the molecule is Cn1cc(CN2C(=O)C3C=C(S(=O)(=O)NC4(C)CC4)SC3N(Cc3ccc4c(c3)NC(=O)C4)C2=O)cn1. The predicted octanol–water partition coefficient (Wildman–Crippen LogP) is 1.88. The van der Waals surface area contributed by atoms with Crippen LogP contribution in [0.15, 0.2) is 40.9 Å². The normalized spacial score (nSPS) is 24.2. The summed E-state index contributed by atoms with van der Waals surface area (Å²) in [5.41, 5.74) is 2.58. The molecule has 3 aliphatic heterocycles. The van der Waals surface area contributed by atoms with E-state index in [9.17, 15) is 22.8 Å². The number of carbonyl (C=O) groups excluding carboxylic acids is 3. The molecular weight excluding hydrogens is 516 g/mol. The summed E-state index contributed by atoms with van der Waals surface area (Å²) >= 11 is 1.03. The first kappa shape index (κ1) is 24.2. The number of amides is 4. The minimum absolute atomic E-state index is 0.0301. The largest absolute Gasteiger partial charge is 0.328 e. The van der Waals surface area contributed by atoms with Crippen molar-refractivity contribution in [1.82, 2.24) is 24.3 Å². The molecule has 2 aromatic rings. The lowest BCUT2D eigenvalue weighted by molar-refractivity contribution is -0.135. The molecule has 1 saturated heterocycles. The average molecular weight is 543 g/mol. The molecule has 1 saturated carbocycles. The number of anilines is 1. The van der Waals surface area contributed by atoms with Gasteiger partial charge in [0, 0.05) is 36.6 Å². The van der Waals surface area contributed by atoms with Crippen molar-refractivity contribution in [3.63, 3.8) is 0 Å². The van der Waals surface area contributed by atoms with Crippen LogP contribution >= 0.6 is 11.8 Å². The van der Waals surface area contributed by atoms with Gasteiger partial charge in [-0.1, -0.05) is 23.9 Å². The molecule has 0 spiro atoms. The van der Waals surface area contributed by atoms with E-state index in [1.807, 2.05) is 25.1 Å². The first-order valence-electron chi connectivity index (χ1n) is 11.9. The van der Waals surface area contributed by atoms with Crippen LogP contribution in [0.1, 0.15) is 36.5 Å². The molecule has 2 N–H and O–H groups in total. The lowest BCUT2D eigenvalue weighted by Gasteiger charge is -2.41. The fourth-order valence-electron chi connectivity index (χ4n) is 4.86. The second kappa shape index (κ2) is 8.43. The van der Waals surface area contributed by atoms with Crippen molar-refractivity contribution >= 4 is 45.3 Å². The molecule has 1 aromatic carbocycles. The van der Waals surface area contributed by atoms with E-state index in [0.29, 0.717) is 17.7 Å². The molecule has 4 heterocycles. The van der Waals surface area contributed by atoms with Gasteiger partial charge in [0.2, 0.25) is 21.8 Å².